The summed E-state index contributed by atoms with van der Waals surface area (Å²) in [6.45, 7) is 1.91. The number of benzene rings is 1. The normalized spacial score (nSPS) is 17.7. The Labute approximate surface area is 153 Å². The first-order valence-corrected chi connectivity index (χ1v) is 8.90. The van der Waals surface area contributed by atoms with Gasteiger partial charge in [-0.25, -0.2) is 4.39 Å². The zero-order valence-electron chi connectivity index (χ0n) is 15.0. The Morgan fingerprint density at radius 3 is 2.96 bits per heavy atom. The molecule has 1 fully saturated rings. The average Bonchev–Trinajstić information content (AvgIpc) is 2.67. The van der Waals surface area contributed by atoms with Gasteiger partial charge in [0, 0.05) is 25.5 Å². The van der Waals surface area contributed by atoms with Crippen molar-refractivity contribution < 1.29 is 13.9 Å². The van der Waals surface area contributed by atoms with E-state index in [0.717, 1.165) is 31.4 Å². The van der Waals surface area contributed by atoms with Gasteiger partial charge < -0.3 is 10.1 Å². The predicted octanol–water partition coefficient (Wildman–Crippen LogP) is 2.90. The van der Waals surface area contributed by atoms with E-state index in [4.69, 9.17) is 4.74 Å². The van der Waals surface area contributed by atoms with Crippen molar-refractivity contribution in [3.05, 3.63) is 59.7 Å². The molecule has 138 valence electrons. The number of pyridine rings is 1. The SMILES string of the molecule is COc1ccc(CNC(=O)C2CCCCN2Cc2cccnc2)cc1F. The molecule has 1 aromatic carbocycles. The number of likely N-dealkylation sites (tertiary alicyclic amines) is 1. The third kappa shape index (κ3) is 4.58. The average molecular weight is 357 g/mol. The summed E-state index contributed by atoms with van der Waals surface area (Å²) in [6, 6.07) is 8.51. The number of aromatic nitrogens is 1. The summed E-state index contributed by atoms with van der Waals surface area (Å²) in [5.41, 5.74) is 1.82. The minimum absolute atomic E-state index is 0.00943. The number of rotatable bonds is 6. The Kier molecular flexibility index (Phi) is 6.17. The van der Waals surface area contributed by atoms with Crippen LogP contribution >= 0.6 is 0 Å². The maximum absolute atomic E-state index is 13.8. The van der Waals surface area contributed by atoms with E-state index in [1.165, 1.54) is 13.2 Å². The van der Waals surface area contributed by atoms with E-state index in [1.807, 2.05) is 18.3 Å². The zero-order valence-corrected chi connectivity index (χ0v) is 15.0. The molecule has 1 aromatic heterocycles. The Hall–Kier alpha value is -2.47. The van der Waals surface area contributed by atoms with E-state index in [1.54, 1.807) is 18.3 Å². The van der Waals surface area contributed by atoms with Crippen LogP contribution in [-0.2, 0) is 17.9 Å². The van der Waals surface area contributed by atoms with Crippen LogP contribution in [0.4, 0.5) is 4.39 Å². The van der Waals surface area contributed by atoms with Crippen molar-refractivity contribution in [2.24, 2.45) is 0 Å². The number of halogens is 1. The maximum Gasteiger partial charge on any atom is 0.237 e. The summed E-state index contributed by atoms with van der Waals surface area (Å²) in [4.78, 5) is 19.0. The van der Waals surface area contributed by atoms with Crippen molar-refractivity contribution in [2.75, 3.05) is 13.7 Å². The van der Waals surface area contributed by atoms with E-state index in [2.05, 4.69) is 15.2 Å². The zero-order chi connectivity index (χ0) is 18.4. The van der Waals surface area contributed by atoms with Gasteiger partial charge >= 0.3 is 0 Å². The molecule has 1 aliphatic rings. The van der Waals surface area contributed by atoms with Crippen molar-refractivity contribution in [1.29, 1.82) is 0 Å². The van der Waals surface area contributed by atoms with E-state index >= 15 is 0 Å². The highest BCUT2D eigenvalue weighted by Gasteiger charge is 2.28. The van der Waals surface area contributed by atoms with Gasteiger partial charge in [0.2, 0.25) is 5.91 Å². The molecule has 1 N–H and O–H groups in total. The molecule has 26 heavy (non-hydrogen) atoms. The van der Waals surface area contributed by atoms with Crippen LogP contribution < -0.4 is 10.1 Å². The molecule has 3 rings (SSSR count). The summed E-state index contributed by atoms with van der Waals surface area (Å²) in [7, 11) is 1.43. The molecular weight excluding hydrogens is 333 g/mol. The molecule has 1 atom stereocenters. The molecule has 0 spiro atoms. The number of ether oxygens (including phenoxy) is 1. The number of amides is 1. The van der Waals surface area contributed by atoms with Crippen LogP contribution in [0.15, 0.2) is 42.7 Å². The second-order valence-electron chi connectivity index (χ2n) is 6.53. The summed E-state index contributed by atoms with van der Waals surface area (Å²) in [5, 5.41) is 2.95. The quantitative estimate of drug-likeness (QED) is 0.864. The number of carbonyl (C=O) groups excluding carboxylic acids is 1. The summed E-state index contributed by atoms with van der Waals surface area (Å²) in [5.74, 6) is -0.227. The molecule has 1 amide bonds. The van der Waals surface area contributed by atoms with Crippen LogP contribution in [0.2, 0.25) is 0 Å². The van der Waals surface area contributed by atoms with Gasteiger partial charge in [0.15, 0.2) is 11.6 Å². The Balaban J connectivity index is 1.60. The molecule has 2 heterocycles. The minimum Gasteiger partial charge on any atom is -0.494 e. The molecule has 1 unspecified atom stereocenters. The fraction of sp³-hybridized carbons (Fsp3) is 0.400. The maximum atomic E-state index is 13.8. The van der Waals surface area contributed by atoms with E-state index in [-0.39, 0.29) is 17.7 Å². The summed E-state index contributed by atoms with van der Waals surface area (Å²) >= 11 is 0. The van der Waals surface area contributed by atoms with Crippen LogP contribution in [0.5, 0.6) is 5.75 Å². The first kappa shape index (κ1) is 18.3. The minimum atomic E-state index is -0.421. The predicted molar refractivity (Wildman–Crippen MR) is 97.1 cm³/mol. The molecule has 1 saturated heterocycles. The van der Waals surface area contributed by atoms with E-state index in [0.29, 0.717) is 18.7 Å². The second kappa shape index (κ2) is 8.76. The Bertz CT molecular complexity index is 739. The number of nitrogens with zero attached hydrogens (tertiary/aromatic N) is 2. The molecule has 0 bridgehead atoms. The smallest absolute Gasteiger partial charge is 0.237 e. The molecule has 0 saturated carbocycles. The number of hydrogen-bond acceptors (Lipinski definition) is 4. The van der Waals surface area contributed by atoms with Gasteiger partial charge in [-0.1, -0.05) is 18.6 Å². The molecule has 2 aromatic rings. The van der Waals surface area contributed by atoms with Gasteiger partial charge in [-0.15, -0.1) is 0 Å². The molecule has 0 radical (unpaired) electrons. The van der Waals surface area contributed by atoms with Gasteiger partial charge in [0.05, 0.1) is 13.2 Å². The number of methoxy groups -OCH3 is 1. The Morgan fingerprint density at radius 1 is 1.35 bits per heavy atom. The number of hydrogen-bond donors (Lipinski definition) is 1. The molecule has 0 aliphatic carbocycles. The fourth-order valence-corrected chi connectivity index (χ4v) is 3.33. The van der Waals surface area contributed by atoms with Crippen LogP contribution in [-0.4, -0.2) is 35.5 Å². The third-order valence-corrected chi connectivity index (χ3v) is 4.71. The number of carbonyl (C=O) groups is 1. The second-order valence-corrected chi connectivity index (χ2v) is 6.53. The van der Waals surface area contributed by atoms with E-state index < -0.39 is 5.82 Å². The lowest BCUT2D eigenvalue weighted by molar-refractivity contribution is -0.128. The van der Waals surface area contributed by atoms with Crippen molar-refractivity contribution in [3.8, 4) is 5.75 Å². The first-order chi connectivity index (χ1) is 12.7. The monoisotopic (exact) mass is 357 g/mol. The first-order valence-electron chi connectivity index (χ1n) is 8.90. The van der Waals surface area contributed by atoms with Crippen LogP contribution in [0.3, 0.4) is 0 Å². The Morgan fingerprint density at radius 2 is 2.23 bits per heavy atom. The van der Waals surface area contributed by atoms with Gasteiger partial charge in [-0.2, -0.15) is 0 Å². The highest BCUT2D eigenvalue weighted by atomic mass is 19.1. The van der Waals surface area contributed by atoms with Gasteiger partial charge in [-0.3, -0.25) is 14.7 Å². The topological polar surface area (TPSA) is 54.5 Å². The van der Waals surface area contributed by atoms with Crippen LogP contribution in [0.25, 0.3) is 0 Å². The highest BCUT2D eigenvalue weighted by Crippen LogP contribution is 2.20. The lowest BCUT2D eigenvalue weighted by Gasteiger charge is -2.34. The van der Waals surface area contributed by atoms with Crippen molar-refractivity contribution >= 4 is 5.91 Å². The third-order valence-electron chi connectivity index (χ3n) is 4.71. The van der Waals surface area contributed by atoms with Gasteiger partial charge in [-0.05, 0) is 48.7 Å². The van der Waals surface area contributed by atoms with Crippen molar-refractivity contribution in [2.45, 2.75) is 38.4 Å². The van der Waals surface area contributed by atoms with Gasteiger partial charge in [0.25, 0.3) is 0 Å². The standard InChI is InChI=1S/C20H24FN3O2/c1-26-19-8-7-15(11-17(19)21)13-23-20(25)18-6-2-3-10-24(18)14-16-5-4-9-22-12-16/h4-5,7-9,11-12,18H,2-3,6,10,13-14H2,1H3,(H,23,25). The number of piperidine rings is 1. The summed E-state index contributed by atoms with van der Waals surface area (Å²) in [6.07, 6.45) is 6.55. The molecular formula is C20H24FN3O2. The lowest BCUT2D eigenvalue weighted by Crippen LogP contribution is -2.48. The van der Waals surface area contributed by atoms with E-state index in [9.17, 15) is 9.18 Å². The van der Waals surface area contributed by atoms with Gasteiger partial charge in [0.1, 0.15) is 0 Å². The van der Waals surface area contributed by atoms with Crippen LogP contribution in [0, 0.1) is 5.82 Å². The fourth-order valence-electron chi connectivity index (χ4n) is 3.33. The van der Waals surface area contributed by atoms with Crippen molar-refractivity contribution in [3.63, 3.8) is 0 Å². The highest BCUT2D eigenvalue weighted by molar-refractivity contribution is 5.81. The largest absolute Gasteiger partial charge is 0.494 e. The number of nitrogens with one attached hydrogen (secondary N) is 1. The summed E-state index contributed by atoms with van der Waals surface area (Å²) < 4.78 is 18.7. The molecule has 1 aliphatic heterocycles. The lowest BCUT2D eigenvalue weighted by atomic mass is 10.0. The van der Waals surface area contributed by atoms with Crippen molar-refractivity contribution in [1.82, 2.24) is 15.2 Å². The molecule has 6 heteroatoms. The molecule has 5 nitrogen and oxygen atoms in total. The van der Waals surface area contributed by atoms with Crippen LogP contribution in [0.1, 0.15) is 30.4 Å².